The second kappa shape index (κ2) is 8.29. The number of alkyl halides is 1. The third-order valence-electron chi connectivity index (χ3n) is 1.53. The van der Waals surface area contributed by atoms with Crippen molar-refractivity contribution in [2.45, 2.75) is 26.7 Å². The molecular formula is C10H16ClNO3. The summed E-state index contributed by atoms with van der Waals surface area (Å²) in [6.45, 7) is 3.96. The number of allylic oxidation sites excluding steroid dienone is 1. The van der Waals surface area contributed by atoms with Gasteiger partial charge in [-0.1, -0.05) is 19.4 Å². The van der Waals surface area contributed by atoms with Crippen LogP contribution in [-0.2, 0) is 14.3 Å². The van der Waals surface area contributed by atoms with Crippen LogP contribution in [0.25, 0.3) is 0 Å². The molecule has 1 N–H and O–H groups in total. The lowest BCUT2D eigenvalue weighted by molar-refractivity contribution is -0.140. The van der Waals surface area contributed by atoms with E-state index in [1.54, 1.807) is 13.0 Å². The number of amides is 1. The standard InChI is InChI=1S/C10H16ClNO3/c1-3-5-6-8(10(14)15-4-2)12-9(13)7-11/h6H,3-5,7H2,1-2H3,(H,12,13). The van der Waals surface area contributed by atoms with Crippen LogP contribution < -0.4 is 5.32 Å². The van der Waals surface area contributed by atoms with Gasteiger partial charge in [-0.05, 0) is 13.3 Å². The smallest absolute Gasteiger partial charge is 0.354 e. The van der Waals surface area contributed by atoms with Crippen LogP contribution in [0, 0.1) is 0 Å². The zero-order valence-corrected chi connectivity index (χ0v) is 9.76. The molecule has 0 rings (SSSR count). The number of carbonyl (C=O) groups excluding carboxylic acids is 2. The predicted molar refractivity (Wildman–Crippen MR) is 58.5 cm³/mol. The molecule has 0 aliphatic carbocycles. The highest BCUT2D eigenvalue weighted by Gasteiger charge is 2.12. The van der Waals surface area contributed by atoms with E-state index in [4.69, 9.17) is 16.3 Å². The molecule has 0 saturated heterocycles. The number of esters is 1. The number of unbranched alkanes of at least 4 members (excludes halogenated alkanes) is 1. The predicted octanol–water partition coefficient (Wildman–Crippen LogP) is 1.59. The molecule has 0 aromatic carbocycles. The molecule has 0 unspecified atom stereocenters. The van der Waals surface area contributed by atoms with Gasteiger partial charge in [-0.25, -0.2) is 4.79 Å². The Balaban J connectivity index is 4.43. The maximum Gasteiger partial charge on any atom is 0.354 e. The fraction of sp³-hybridized carbons (Fsp3) is 0.600. The second-order valence-electron chi connectivity index (χ2n) is 2.81. The Morgan fingerprint density at radius 1 is 1.40 bits per heavy atom. The maximum absolute atomic E-state index is 11.4. The van der Waals surface area contributed by atoms with Gasteiger partial charge in [-0.15, -0.1) is 11.6 Å². The summed E-state index contributed by atoms with van der Waals surface area (Å²) in [6, 6.07) is 0. The van der Waals surface area contributed by atoms with Gasteiger partial charge in [-0.2, -0.15) is 0 Å². The fourth-order valence-corrected chi connectivity index (χ4v) is 0.933. The van der Waals surface area contributed by atoms with Gasteiger partial charge in [0.25, 0.3) is 0 Å². The number of halogens is 1. The average Bonchev–Trinajstić information content (AvgIpc) is 2.24. The summed E-state index contributed by atoms with van der Waals surface area (Å²) in [4.78, 5) is 22.4. The van der Waals surface area contributed by atoms with Crippen LogP contribution in [0.3, 0.4) is 0 Å². The van der Waals surface area contributed by atoms with Gasteiger partial charge in [0, 0.05) is 0 Å². The minimum absolute atomic E-state index is 0.171. The molecule has 0 aliphatic heterocycles. The van der Waals surface area contributed by atoms with Crippen LogP contribution in [0.15, 0.2) is 11.8 Å². The molecule has 4 nitrogen and oxygen atoms in total. The highest BCUT2D eigenvalue weighted by molar-refractivity contribution is 6.27. The van der Waals surface area contributed by atoms with Crippen molar-refractivity contribution >= 4 is 23.5 Å². The topological polar surface area (TPSA) is 55.4 Å². The summed E-state index contributed by atoms with van der Waals surface area (Å²) in [5, 5.41) is 2.40. The van der Waals surface area contributed by atoms with E-state index in [1.807, 2.05) is 6.92 Å². The zero-order chi connectivity index (χ0) is 11.7. The lowest BCUT2D eigenvalue weighted by Crippen LogP contribution is -2.29. The SMILES string of the molecule is CCCC=C(NC(=O)CCl)C(=O)OCC. The van der Waals surface area contributed by atoms with Gasteiger partial charge in [-0.3, -0.25) is 4.79 Å². The summed E-state index contributed by atoms with van der Waals surface area (Å²) in [5.74, 6) is -1.11. The molecule has 0 aromatic heterocycles. The molecule has 0 saturated carbocycles. The third kappa shape index (κ3) is 6.12. The van der Waals surface area contributed by atoms with E-state index in [9.17, 15) is 9.59 Å². The highest BCUT2D eigenvalue weighted by Crippen LogP contribution is 1.99. The first-order valence-electron chi connectivity index (χ1n) is 4.88. The molecule has 0 fully saturated rings. The van der Waals surface area contributed by atoms with E-state index >= 15 is 0 Å². The third-order valence-corrected chi connectivity index (χ3v) is 1.77. The summed E-state index contributed by atoms with van der Waals surface area (Å²) in [6.07, 6.45) is 3.23. The van der Waals surface area contributed by atoms with Gasteiger partial charge >= 0.3 is 5.97 Å². The first-order chi connectivity index (χ1) is 7.15. The highest BCUT2D eigenvalue weighted by atomic mass is 35.5. The normalized spacial score (nSPS) is 11.0. The van der Waals surface area contributed by atoms with Gasteiger partial charge in [0.15, 0.2) is 0 Å². The van der Waals surface area contributed by atoms with Gasteiger partial charge in [0.2, 0.25) is 5.91 Å². The largest absolute Gasteiger partial charge is 0.461 e. The maximum atomic E-state index is 11.4. The molecule has 5 heteroatoms. The molecule has 0 aromatic rings. The number of nitrogens with one attached hydrogen (secondary N) is 1. The van der Waals surface area contributed by atoms with Crippen LogP contribution in [0.1, 0.15) is 26.7 Å². The Labute approximate surface area is 94.6 Å². The molecular weight excluding hydrogens is 218 g/mol. The Morgan fingerprint density at radius 2 is 2.07 bits per heavy atom. The Morgan fingerprint density at radius 3 is 2.53 bits per heavy atom. The van der Waals surface area contributed by atoms with Gasteiger partial charge in [0.1, 0.15) is 11.6 Å². The van der Waals surface area contributed by atoms with Crippen molar-refractivity contribution in [3.63, 3.8) is 0 Å². The van der Waals surface area contributed by atoms with Crippen molar-refractivity contribution in [2.75, 3.05) is 12.5 Å². The van der Waals surface area contributed by atoms with Crippen LogP contribution >= 0.6 is 11.6 Å². The van der Waals surface area contributed by atoms with Crippen LogP contribution in [0.4, 0.5) is 0 Å². The van der Waals surface area contributed by atoms with Crippen LogP contribution in [0.5, 0.6) is 0 Å². The number of hydrogen-bond donors (Lipinski definition) is 1. The number of hydrogen-bond acceptors (Lipinski definition) is 3. The molecule has 15 heavy (non-hydrogen) atoms. The van der Waals surface area contributed by atoms with Gasteiger partial charge in [0.05, 0.1) is 6.61 Å². The van der Waals surface area contributed by atoms with Crippen LogP contribution in [-0.4, -0.2) is 24.4 Å². The molecule has 86 valence electrons. The first kappa shape index (κ1) is 14.0. The van der Waals surface area contributed by atoms with Crippen molar-refractivity contribution in [3.8, 4) is 0 Å². The number of rotatable bonds is 6. The van der Waals surface area contributed by atoms with E-state index in [2.05, 4.69) is 5.32 Å². The quantitative estimate of drug-likeness (QED) is 0.431. The van der Waals surface area contributed by atoms with Gasteiger partial charge < -0.3 is 10.1 Å². The fourth-order valence-electron chi connectivity index (χ4n) is 0.867. The van der Waals surface area contributed by atoms with E-state index in [1.165, 1.54) is 0 Å². The Hall–Kier alpha value is -1.03. The summed E-state index contributed by atoms with van der Waals surface area (Å²) in [5.41, 5.74) is 0.171. The molecule has 0 heterocycles. The van der Waals surface area contributed by atoms with E-state index < -0.39 is 11.9 Å². The van der Waals surface area contributed by atoms with Crippen molar-refractivity contribution < 1.29 is 14.3 Å². The van der Waals surface area contributed by atoms with Crippen LogP contribution in [0.2, 0.25) is 0 Å². The van der Waals surface area contributed by atoms with Crippen molar-refractivity contribution in [1.82, 2.24) is 5.32 Å². The molecule has 0 aliphatic rings. The lowest BCUT2D eigenvalue weighted by Gasteiger charge is -2.07. The van der Waals surface area contributed by atoms with E-state index in [-0.39, 0.29) is 18.2 Å². The van der Waals surface area contributed by atoms with E-state index in [0.717, 1.165) is 6.42 Å². The molecule has 0 radical (unpaired) electrons. The summed E-state index contributed by atoms with van der Waals surface area (Å²) >= 11 is 5.32. The zero-order valence-electron chi connectivity index (χ0n) is 9.01. The van der Waals surface area contributed by atoms with Crippen molar-refractivity contribution in [3.05, 3.63) is 11.8 Å². The number of carbonyl (C=O) groups is 2. The molecule has 0 atom stereocenters. The minimum atomic E-state index is -0.524. The average molecular weight is 234 g/mol. The summed E-state index contributed by atoms with van der Waals surface area (Å²) < 4.78 is 4.78. The minimum Gasteiger partial charge on any atom is -0.461 e. The summed E-state index contributed by atoms with van der Waals surface area (Å²) in [7, 11) is 0. The second-order valence-corrected chi connectivity index (χ2v) is 3.08. The molecule has 0 spiro atoms. The number of ether oxygens (including phenoxy) is 1. The van der Waals surface area contributed by atoms with Crippen molar-refractivity contribution in [2.24, 2.45) is 0 Å². The van der Waals surface area contributed by atoms with Crippen molar-refractivity contribution in [1.29, 1.82) is 0 Å². The molecule has 1 amide bonds. The Bertz CT molecular complexity index is 251. The first-order valence-corrected chi connectivity index (χ1v) is 5.42. The molecule has 0 bridgehead atoms. The Kier molecular flexibility index (Phi) is 7.72. The lowest BCUT2D eigenvalue weighted by atomic mass is 10.2. The monoisotopic (exact) mass is 233 g/mol. The van der Waals surface area contributed by atoms with E-state index in [0.29, 0.717) is 6.42 Å².